The van der Waals surface area contributed by atoms with Gasteiger partial charge in [-0.3, -0.25) is 0 Å². The first-order valence-electron chi connectivity index (χ1n) is 7.56. The number of hydrazone groups is 1. The minimum absolute atomic E-state index is 0.120. The van der Waals surface area contributed by atoms with Crippen molar-refractivity contribution >= 4 is 22.1 Å². The van der Waals surface area contributed by atoms with Crippen LogP contribution in [-0.4, -0.2) is 50.8 Å². The first-order chi connectivity index (χ1) is 12.0. The van der Waals surface area contributed by atoms with Crippen LogP contribution in [0.5, 0.6) is 5.75 Å². The van der Waals surface area contributed by atoms with Crippen molar-refractivity contribution in [1.29, 1.82) is 0 Å². The second kappa shape index (κ2) is 7.04. The fourth-order valence-electron chi connectivity index (χ4n) is 2.41. The standard InChI is InChI=1S/C17H17N3O4S/c1-24-14-8-6-13(7-9-14)12-18-20(10-11-21)17-15-4-2-3-5-16(15)25(22,23)19-17/h2-9,12,21H,10-11H2,1H3/b18-12-. The van der Waals surface area contributed by atoms with Crippen LogP contribution in [-0.2, 0) is 10.0 Å². The minimum Gasteiger partial charge on any atom is -0.497 e. The van der Waals surface area contributed by atoms with E-state index in [1.165, 1.54) is 11.1 Å². The summed E-state index contributed by atoms with van der Waals surface area (Å²) in [4.78, 5) is 0.146. The van der Waals surface area contributed by atoms with Gasteiger partial charge in [0, 0.05) is 5.56 Å². The average molecular weight is 359 g/mol. The molecule has 1 aliphatic heterocycles. The zero-order chi connectivity index (χ0) is 17.9. The van der Waals surface area contributed by atoms with Crippen molar-refractivity contribution in [2.45, 2.75) is 4.90 Å². The summed E-state index contributed by atoms with van der Waals surface area (Å²) in [5.74, 6) is 0.930. The second-order valence-electron chi connectivity index (χ2n) is 5.25. The van der Waals surface area contributed by atoms with Crippen LogP contribution in [0.15, 0.2) is 62.9 Å². The van der Waals surface area contributed by atoms with E-state index in [1.54, 1.807) is 43.7 Å². The molecule has 0 aromatic heterocycles. The Hall–Kier alpha value is -2.71. The number of hydrogen-bond donors (Lipinski definition) is 1. The second-order valence-corrected chi connectivity index (χ2v) is 6.82. The van der Waals surface area contributed by atoms with Crippen LogP contribution >= 0.6 is 0 Å². The van der Waals surface area contributed by atoms with Crippen LogP contribution in [0, 0.1) is 0 Å². The lowest BCUT2D eigenvalue weighted by atomic mass is 10.2. The van der Waals surface area contributed by atoms with Crippen molar-refractivity contribution in [3.8, 4) is 5.75 Å². The summed E-state index contributed by atoms with van der Waals surface area (Å²) in [5.41, 5.74) is 1.28. The van der Waals surface area contributed by atoms with E-state index in [9.17, 15) is 13.5 Å². The molecule has 0 aliphatic carbocycles. The van der Waals surface area contributed by atoms with Crippen molar-refractivity contribution in [3.63, 3.8) is 0 Å². The number of aliphatic hydroxyl groups is 1. The number of rotatable bonds is 5. The highest BCUT2D eigenvalue weighted by Gasteiger charge is 2.31. The van der Waals surface area contributed by atoms with E-state index < -0.39 is 10.0 Å². The Morgan fingerprint density at radius 2 is 1.92 bits per heavy atom. The monoisotopic (exact) mass is 359 g/mol. The molecule has 1 N–H and O–H groups in total. The van der Waals surface area contributed by atoms with Crippen molar-refractivity contribution in [1.82, 2.24) is 5.01 Å². The summed E-state index contributed by atoms with van der Waals surface area (Å²) >= 11 is 0. The number of methoxy groups -OCH3 is 1. The molecule has 0 unspecified atom stereocenters. The fourth-order valence-corrected chi connectivity index (χ4v) is 3.62. The lowest BCUT2D eigenvalue weighted by Crippen LogP contribution is -2.28. The molecule has 0 bridgehead atoms. The van der Waals surface area contributed by atoms with E-state index in [0.29, 0.717) is 5.56 Å². The number of ether oxygens (including phenoxy) is 1. The smallest absolute Gasteiger partial charge is 0.285 e. The van der Waals surface area contributed by atoms with Crippen molar-refractivity contribution < 1.29 is 18.3 Å². The van der Waals surface area contributed by atoms with Gasteiger partial charge in [-0.1, -0.05) is 12.1 Å². The molecule has 0 atom stereocenters. The number of sulfonamides is 1. The highest BCUT2D eigenvalue weighted by molar-refractivity contribution is 7.90. The maximum Gasteiger partial charge on any atom is 0.285 e. The minimum atomic E-state index is -3.74. The van der Waals surface area contributed by atoms with Gasteiger partial charge in [0.25, 0.3) is 10.0 Å². The van der Waals surface area contributed by atoms with Crippen LogP contribution in [0.4, 0.5) is 0 Å². The molecule has 25 heavy (non-hydrogen) atoms. The van der Waals surface area contributed by atoms with Crippen LogP contribution < -0.4 is 4.74 Å². The quantitative estimate of drug-likeness (QED) is 0.645. The Bertz CT molecular complexity index is 921. The molecule has 130 valence electrons. The lowest BCUT2D eigenvalue weighted by molar-refractivity contribution is 0.254. The molecule has 3 rings (SSSR count). The molecule has 0 saturated heterocycles. The molecule has 8 heteroatoms. The van der Waals surface area contributed by atoms with Gasteiger partial charge in [-0.15, -0.1) is 4.40 Å². The van der Waals surface area contributed by atoms with Gasteiger partial charge in [-0.2, -0.15) is 13.5 Å². The van der Waals surface area contributed by atoms with Gasteiger partial charge in [0.05, 0.1) is 26.5 Å². The van der Waals surface area contributed by atoms with Gasteiger partial charge in [-0.05, 0) is 42.0 Å². The van der Waals surface area contributed by atoms with Gasteiger partial charge < -0.3 is 9.84 Å². The molecule has 0 amide bonds. The fraction of sp³-hybridized carbons (Fsp3) is 0.176. The third kappa shape index (κ3) is 3.54. The maximum atomic E-state index is 12.2. The number of aliphatic hydroxyl groups excluding tert-OH is 1. The zero-order valence-corrected chi connectivity index (χ0v) is 14.3. The normalized spacial score (nSPS) is 15.0. The van der Waals surface area contributed by atoms with Gasteiger partial charge >= 0.3 is 0 Å². The predicted octanol–water partition coefficient (Wildman–Crippen LogP) is 1.47. The SMILES string of the molecule is COc1ccc(/C=N\N(CCO)C2=NS(=O)(=O)c3ccccc32)cc1. The first-order valence-corrected chi connectivity index (χ1v) is 9.00. The first kappa shape index (κ1) is 17.1. The summed E-state index contributed by atoms with van der Waals surface area (Å²) < 4.78 is 33.3. The summed E-state index contributed by atoms with van der Waals surface area (Å²) in [6, 6.07) is 13.8. The number of hydrogen-bond acceptors (Lipinski definition) is 6. The maximum absolute atomic E-state index is 12.2. The third-order valence-electron chi connectivity index (χ3n) is 3.63. The summed E-state index contributed by atoms with van der Waals surface area (Å²) in [6.45, 7) is -0.0729. The van der Waals surface area contributed by atoms with E-state index in [2.05, 4.69) is 9.50 Å². The molecule has 2 aromatic carbocycles. The highest BCUT2D eigenvalue weighted by atomic mass is 32.2. The van der Waals surface area contributed by atoms with Crippen LogP contribution in [0.25, 0.3) is 0 Å². The molecule has 0 fully saturated rings. The Labute approximate surface area is 145 Å². The van der Waals surface area contributed by atoms with Gasteiger partial charge in [0.15, 0.2) is 5.84 Å². The van der Waals surface area contributed by atoms with E-state index in [4.69, 9.17) is 4.74 Å². The van der Waals surface area contributed by atoms with Crippen molar-refractivity contribution in [2.75, 3.05) is 20.3 Å². The van der Waals surface area contributed by atoms with E-state index in [1.807, 2.05) is 12.1 Å². The Morgan fingerprint density at radius 1 is 1.20 bits per heavy atom. The van der Waals surface area contributed by atoms with E-state index in [0.717, 1.165) is 11.3 Å². The number of benzene rings is 2. The summed E-state index contributed by atoms with van der Waals surface area (Å²) in [7, 11) is -2.15. The molecule has 7 nitrogen and oxygen atoms in total. The summed E-state index contributed by atoms with van der Waals surface area (Å²) in [6.07, 6.45) is 1.57. The molecule has 1 aliphatic rings. The van der Waals surface area contributed by atoms with Gasteiger partial charge in [0.2, 0.25) is 0 Å². The van der Waals surface area contributed by atoms with Crippen molar-refractivity contribution in [3.05, 3.63) is 59.7 Å². The molecular weight excluding hydrogens is 342 g/mol. The van der Waals surface area contributed by atoms with Crippen LogP contribution in [0.3, 0.4) is 0 Å². The molecule has 2 aromatic rings. The van der Waals surface area contributed by atoms with Gasteiger partial charge in [0.1, 0.15) is 10.6 Å². The van der Waals surface area contributed by atoms with Crippen LogP contribution in [0.2, 0.25) is 0 Å². The summed E-state index contributed by atoms with van der Waals surface area (Å²) in [5, 5.41) is 15.0. The number of amidine groups is 1. The average Bonchev–Trinajstić information content (AvgIpc) is 2.91. The molecule has 0 saturated carbocycles. The predicted molar refractivity (Wildman–Crippen MR) is 94.5 cm³/mol. The lowest BCUT2D eigenvalue weighted by Gasteiger charge is -2.17. The molecule has 1 heterocycles. The Kier molecular flexibility index (Phi) is 4.82. The third-order valence-corrected chi connectivity index (χ3v) is 4.96. The van der Waals surface area contributed by atoms with E-state index in [-0.39, 0.29) is 23.9 Å². The molecular formula is C17H17N3O4S. The Balaban J connectivity index is 1.93. The topological polar surface area (TPSA) is 91.6 Å². The van der Waals surface area contributed by atoms with Crippen molar-refractivity contribution in [2.24, 2.45) is 9.50 Å². The van der Waals surface area contributed by atoms with E-state index >= 15 is 0 Å². The molecule has 0 spiro atoms. The Morgan fingerprint density at radius 3 is 2.60 bits per heavy atom. The van der Waals surface area contributed by atoms with Gasteiger partial charge in [-0.25, -0.2) is 5.01 Å². The number of fused-ring (bicyclic) bond motifs is 1. The zero-order valence-electron chi connectivity index (χ0n) is 13.5. The van der Waals surface area contributed by atoms with Crippen LogP contribution in [0.1, 0.15) is 11.1 Å². The molecule has 0 radical (unpaired) electrons. The largest absolute Gasteiger partial charge is 0.497 e. The highest BCUT2D eigenvalue weighted by Crippen LogP contribution is 2.27. The number of nitrogens with zero attached hydrogens (tertiary/aromatic N) is 3.